The van der Waals surface area contributed by atoms with Crippen molar-refractivity contribution in [2.75, 3.05) is 0 Å². The molecule has 1 atom stereocenters. The second kappa shape index (κ2) is 6.42. The molecule has 0 radical (unpaired) electrons. The number of ether oxygens (including phenoxy) is 1. The largest absolute Gasteiger partial charge is 0.455 e. The molecule has 2 rings (SSSR count). The van der Waals surface area contributed by atoms with Crippen LogP contribution < -0.4 is 4.74 Å². The maximum Gasteiger partial charge on any atom is 0.146 e. The van der Waals surface area contributed by atoms with Crippen molar-refractivity contribution in [3.8, 4) is 11.5 Å². The van der Waals surface area contributed by atoms with E-state index in [0.29, 0.717) is 22.9 Å². The number of hydrogen-bond acceptors (Lipinski definition) is 2. The summed E-state index contributed by atoms with van der Waals surface area (Å²) in [6, 6.07) is 12.9. The Hall–Kier alpha value is -1.03. The van der Waals surface area contributed by atoms with Gasteiger partial charge in [-0.25, -0.2) is 0 Å². The van der Waals surface area contributed by atoms with Gasteiger partial charge in [0.15, 0.2) is 0 Å². The maximum absolute atomic E-state index is 9.98. The van der Waals surface area contributed by atoms with Crippen LogP contribution in [0.4, 0.5) is 0 Å². The van der Waals surface area contributed by atoms with Gasteiger partial charge in [0.25, 0.3) is 0 Å². The zero-order chi connectivity index (χ0) is 13.8. The van der Waals surface area contributed by atoms with Crippen molar-refractivity contribution in [2.45, 2.75) is 19.4 Å². The van der Waals surface area contributed by atoms with E-state index in [1.54, 1.807) is 12.1 Å². The van der Waals surface area contributed by atoms with E-state index >= 15 is 0 Å². The smallest absolute Gasteiger partial charge is 0.146 e. The SMILES string of the molecule is CC[C@H](O)c1ccccc1Oc1ccc(Br)cc1Cl. The number of aliphatic hydroxyl groups is 1. The van der Waals surface area contributed by atoms with Crippen LogP contribution in [0, 0.1) is 0 Å². The van der Waals surface area contributed by atoms with Crippen LogP contribution in [-0.4, -0.2) is 5.11 Å². The van der Waals surface area contributed by atoms with Gasteiger partial charge in [-0.2, -0.15) is 0 Å². The van der Waals surface area contributed by atoms with Gasteiger partial charge in [-0.1, -0.05) is 52.7 Å². The molecule has 1 N–H and O–H groups in total. The standard InChI is InChI=1S/C15H14BrClO2/c1-2-13(18)11-5-3-4-6-14(11)19-15-8-7-10(16)9-12(15)17/h3-9,13,18H,2H2,1H3/t13-/m0/s1. The van der Waals surface area contributed by atoms with Gasteiger partial charge in [0.2, 0.25) is 0 Å². The van der Waals surface area contributed by atoms with Gasteiger partial charge in [-0.15, -0.1) is 0 Å². The number of rotatable bonds is 4. The predicted octanol–water partition coefficient (Wildman–Crippen LogP) is 5.34. The van der Waals surface area contributed by atoms with Crippen LogP contribution in [0.1, 0.15) is 25.0 Å². The predicted molar refractivity (Wildman–Crippen MR) is 80.9 cm³/mol. The molecule has 100 valence electrons. The van der Waals surface area contributed by atoms with Crippen molar-refractivity contribution in [1.29, 1.82) is 0 Å². The molecular weight excluding hydrogens is 328 g/mol. The van der Waals surface area contributed by atoms with Gasteiger partial charge >= 0.3 is 0 Å². The van der Waals surface area contributed by atoms with E-state index in [1.165, 1.54) is 0 Å². The lowest BCUT2D eigenvalue weighted by atomic mass is 10.1. The number of hydrogen-bond donors (Lipinski definition) is 1. The molecule has 0 fully saturated rings. The lowest BCUT2D eigenvalue weighted by Gasteiger charge is -2.15. The third kappa shape index (κ3) is 3.50. The maximum atomic E-state index is 9.98. The minimum atomic E-state index is -0.537. The molecule has 0 spiro atoms. The highest BCUT2D eigenvalue weighted by Gasteiger charge is 2.13. The van der Waals surface area contributed by atoms with E-state index in [4.69, 9.17) is 16.3 Å². The number of para-hydroxylation sites is 1. The second-order valence-electron chi connectivity index (χ2n) is 4.14. The fourth-order valence-corrected chi connectivity index (χ4v) is 2.46. The molecule has 0 bridgehead atoms. The topological polar surface area (TPSA) is 29.5 Å². The monoisotopic (exact) mass is 340 g/mol. The number of halogens is 2. The minimum absolute atomic E-state index is 0.523. The fraction of sp³-hybridized carbons (Fsp3) is 0.200. The van der Waals surface area contributed by atoms with Crippen molar-refractivity contribution >= 4 is 27.5 Å². The van der Waals surface area contributed by atoms with Crippen LogP contribution in [0.2, 0.25) is 5.02 Å². The molecule has 4 heteroatoms. The molecule has 0 aliphatic rings. The Morgan fingerprint density at radius 1 is 1.21 bits per heavy atom. The van der Waals surface area contributed by atoms with E-state index in [0.717, 1.165) is 10.0 Å². The van der Waals surface area contributed by atoms with Crippen LogP contribution in [0.25, 0.3) is 0 Å². The molecule has 2 aromatic carbocycles. The van der Waals surface area contributed by atoms with Crippen LogP contribution in [-0.2, 0) is 0 Å². The van der Waals surface area contributed by atoms with Crippen LogP contribution in [0.5, 0.6) is 11.5 Å². The van der Waals surface area contributed by atoms with Crippen LogP contribution in [0.3, 0.4) is 0 Å². The molecular formula is C15H14BrClO2. The molecule has 0 saturated carbocycles. The molecule has 2 nitrogen and oxygen atoms in total. The van der Waals surface area contributed by atoms with Gasteiger partial charge in [0.05, 0.1) is 11.1 Å². The Morgan fingerprint density at radius 2 is 1.95 bits per heavy atom. The van der Waals surface area contributed by atoms with Crippen LogP contribution in [0.15, 0.2) is 46.9 Å². The first-order valence-electron chi connectivity index (χ1n) is 6.01. The second-order valence-corrected chi connectivity index (χ2v) is 5.46. The van der Waals surface area contributed by atoms with Crippen molar-refractivity contribution in [3.63, 3.8) is 0 Å². The Kier molecular flexibility index (Phi) is 4.86. The minimum Gasteiger partial charge on any atom is -0.455 e. The van der Waals surface area contributed by atoms with Crippen molar-refractivity contribution in [1.82, 2.24) is 0 Å². The molecule has 0 aliphatic heterocycles. The van der Waals surface area contributed by atoms with E-state index in [9.17, 15) is 5.11 Å². The molecule has 0 heterocycles. The third-order valence-electron chi connectivity index (χ3n) is 2.78. The van der Waals surface area contributed by atoms with Gasteiger partial charge < -0.3 is 9.84 Å². The molecule has 2 aromatic rings. The molecule has 0 saturated heterocycles. The quantitative estimate of drug-likeness (QED) is 0.813. The van der Waals surface area contributed by atoms with Crippen molar-refractivity contribution in [3.05, 3.63) is 57.5 Å². The summed E-state index contributed by atoms with van der Waals surface area (Å²) in [6.07, 6.45) is 0.0967. The zero-order valence-electron chi connectivity index (χ0n) is 10.4. The van der Waals surface area contributed by atoms with E-state index in [-0.39, 0.29) is 0 Å². The first-order chi connectivity index (χ1) is 9.11. The highest BCUT2D eigenvalue weighted by molar-refractivity contribution is 9.10. The van der Waals surface area contributed by atoms with Gasteiger partial charge in [-0.05, 0) is 30.7 Å². The average molecular weight is 342 g/mol. The van der Waals surface area contributed by atoms with E-state index < -0.39 is 6.10 Å². The van der Waals surface area contributed by atoms with Crippen LogP contribution >= 0.6 is 27.5 Å². The Balaban J connectivity index is 2.33. The van der Waals surface area contributed by atoms with Gasteiger partial charge in [-0.3, -0.25) is 0 Å². The molecule has 0 aromatic heterocycles. The summed E-state index contributed by atoms with van der Waals surface area (Å²) in [5.74, 6) is 1.20. The average Bonchev–Trinajstić information content (AvgIpc) is 2.41. The Morgan fingerprint density at radius 3 is 2.63 bits per heavy atom. The first kappa shape index (κ1) is 14.4. The summed E-state index contributed by atoms with van der Waals surface area (Å²) in [6.45, 7) is 1.92. The molecule has 0 amide bonds. The highest BCUT2D eigenvalue weighted by atomic mass is 79.9. The highest BCUT2D eigenvalue weighted by Crippen LogP contribution is 2.35. The summed E-state index contributed by atoms with van der Waals surface area (Å²) in [7, 11) is 0. The van der Waals surface area contributed by atoms with Crippen molar-refractivity contribution in [2.24, 2.45) is 0 Å². The fourth-order valence-electron chi connectivity index (χ4n) is 1.75. The number of aliphatic hydroxyl groups excluding tert-OH is 1. The Bertz CT molecular complexity index is 572. The molecule has 0 unspecified atom stereocenters. The Labute approximate surface area is 126 Å². The lowest BCUT2D eigenvalue weighted by Crippen LogP contribution is -1.98. The van der Waals surface area contributed by atoms with Gasteiger partial charge in [0, 0.05) is 10.0 Å². The lowest BCUT2D eigenvalue weighted by molar-refractivity contribution is 0.170. The van der Waals surface area contributed by atoms with E-state index in [1.807, 2.05) is 37.3 Å². The summed E-state index contributed by atoms with van der Waals surface area (Å²) >= 11 is 9.48. The molecule has 0 aliphatic carbocycles. The first-order valence-corrected chi connectivity index (χ1v) is 7.18. The zero-order valence-corrected chi connectivity index (χ0v) is 12.8. The van der Waals surface area contributed by atoms with Gasteiger partial charge in [0.1, 0.15) is 11.5 Å². The summed E-state index contributed by atoms with van der Waals surface area (Å²) in [5, 5.41) is 10.5. The van der Waals surface area contributed by atoms with Crippen molar-refractivity contribution < 1.29 is 9.84 Å². The summed E-state index contributed by atoms with van der Waals surface area (Å²) in [4.78, 5) is 0. The molecule has 19 heavy (non-hydrogen) atoms. The number of benzene rings is 2. The summed E-state index contributed by atoms with van der Waals surface area (Å²) < 4.78 is 6.70. The van der Waals surface area contributed by atoms with E-state index in [2.05, 4.69) is 15.9 Å². The summed E-state index contributed by atoms with van der Waals surface area (Å²) in [5.41, 5.74) is 0.768. The normalized spacial score (nSPS) is 12.2. The third-order valence-corrected chi connectivity index (χ3v) is 3.57.